The van der Waals surface area contributed by atoms with E-state index < -0.39 is 0 Å². The first-order chi connectivity index (χ1) is 8.63. The average Bonchev–Trinajstić information content (AvgIpc) is 2.83. The van der Waals surface area contributed by atoms with Gasteiger partial charge in [0, 0.05) is 23.5 Å². The highest BCUT2D eigenvalue weighted by molar-refractivity contribution is 7.10. The van der Waals surface area contributed by atoms with E-state index in [4.69, 9.17) is 10.5 Å². The van der Waals surface area contributed by atoms with Gasteiger partial charge in [-0.1, -0.05) is 13.0 Å². The van der Waals surface area contributed by atoms with E-state index in [-0.39, 0.29) is 6.04 Å². The lowest BCUT2D eigenvalue weighted by atomic mass is 10.0. The summed E-state index contributed by atoms with van der Waals surface area (Å²) in [4.78, 5) is 3.92. The molecule has 1 fully saturated rings. The molecule has 2 rings (SSSR count). The fraction of sp³-hybridized carbons (Fsp3) is 0.714. The second kappa shape index (κ2) is 6.15. The third-order valence-electron chi connectivity index (χ3n) is 3.67. The number of rotatable bonds is 4. The second-order valence-electron chi connectivity index (χ2n) is 5.22. The van der Waals surface area contributed by atoms with Crippen molar-refractivity contribution >= 4 is 11.3 Å². The largest absolute Gasteiger partial charge is 0.376 e. The minimum atomic E-state index is 0.142. The van der Waals surface area contributed by atoms with Gasteiger partial charge in [-0.2, -0.15) is 0 Å². The van der Waals surface area contributed by atoms with Crippen molar-refractivity contribution in [2.24, 2.45) is 5.73 Å². The van der Waals surface area contributed by atoms with Crippen molar-refractivity contribution < 1.29 is 4.74 Å². The summed E-state index contributed by atoms with van der Waals surface area (Å²) in [5.74, 6) is 0. The molecule has 4 heteroatoms. The van der Waals surface area contributed by atoms with Crippen LogP contribution in [0, 0.1) is 0 Å². The van der Waals surface area contributed by atoms with E-state index in [2.05, 4.69) is 43.2 Å². The highest BCUT2D eigenvalue weighted by Gasteiger charge is 2.34. The molecule has 4 unspecified atom stereocenters. The molecule has 0 amide bonds. The van der Waals surface area contributed by atoms with Gasteiger partial charge in [-0.05, 0) is 31.7 Å². The van der Waals surface area contributed by atoms with E-state index in [9.17, 15) is 0 Å². The number of thiophene rings is 1. The monoisotopic (exact) mass is 268 g/mol. The summed E-state index contributed by atoms with van der Waals surface area (Å²) < 4.78 is 5.78. The van der Waals surface area contributed by atoms with Crippen molar-refractivity contribution in [1.29, 1.82) is 0 Å². The SMILES string of the molecule is CCC1COC(C)CN1C(c1cccs1)C(C)N. The van der Waals surface area contributed by atoms with Crippen LogP contribution in [0.25, 0.3) is 0 Å². The Bertz CT molecular complexity index is 353. The Kier molecular flexibility index (Phi) is 4.78. The van der Waals surface area contributed by atoms with Crippen LogP contribution in [0.1, 0.15) is 38.1 Å². The molecule has 1 saturated heterocycles. The lowest BCUT2D eigenvalue weighted by molar-refractivity contribution is -0.0756. The molecule has 1 aliphatic rings. The molecule has 1 aromatic rings. The maximum absolute atomic E-state index is 6.25. The first-order valence-electron chi connectivity index (χ1n) is 6.79. The van der Waals surface area contributed by atoms with Crippen molar-refractivity contribution in [2.75, 3.05) is 13.2 Å². The number of hydrogen-bond donors (Lipinski definition) is 1. The number of hydrogen-bond acceptors (Lipinski definition) is 4. The van der Waals surface area contributed by atoms with Crippen LogP contribution in [0.15, 0.2) is 17.5 Å². The molecular weight excluding hydrogens is 244 g/mol. The maximum atomic E-state index is 6.25. The molecule has 0 aliphatic carbocycles. The van der Waals surface area contributed by atoms with Crippen molar-refractivity contribution in [2.45, 2.75) is 51.4 Å². The van der Waals surface area contributed by atoms with Crippen LogP contribution in [0.3, 0.4) is 0 Å². The fourth-order valence-electron chi connectivity index (χ4n) is 2.75. The lowest BCUT2D eigenvalue weighted by Gasteiger charge is -2.44. The Morgan fingerprint density at radius 1 is 1.61 bits per heavy atom. The quantitative estimate of drug-likeness (QED) is 0.912. The van der Waals surface area contributed by atoms with Gasteiger partial charge in [0.05, 0.1) is 18.8 Å². The van der Waals surface area contributed by atoms with Crippen molar-refractivity contribution in [3.05, 3.63) is 22.4 Å². The molecule has 1 aliphatic heterocycles. The molecule has 18 heavy (non-hydrogen) atoms. The molecule has 0 saturated carbocycles. The van der Waals surface area contributed by atoms with Crippen molar-refractivity contribution in [3.8, 4) is 0 Å². The normalized spacial score (nSPS) is 29.1. The fourth-order valence-corrected chi connectivity index (χ4v) is 3.71. The van der Waals surface area contributed by atoms with E-state index in [1.54, 1.807) is 11.3 Å². The number of nitrogens with two attached hydrogens (primary N) is 1. The number of nitrogens with zero attached hydrogens (tertiary/aromatic N) is 1. The minimum absolute atomic E-state index is 0.142. The topological polar surface area (TPSA) is 38.5 Å². The Balaban J connectivity index is 2.23. The zero-order valence-corrected chi connectivity index (χ0v) is 12.3. The summed E-state index contributed by atoms with van der Waals surface area (Å²) in [5, 5.41) is 2.13. The zero-order valence-electron chi connectivity index (χ0n) is 11.5. The first-order valence-corrected chi connectivity index (χ1v) is 7.67. The zero-order chi connectivity index (χ0) is 13.1. The van der Waals surface area contributed by atoms with E-state index in [0.717, 1.165) is 19.6 Å². The highest BCUT2D eigenvalue weighted by atomic mass is 32.1. The van der Waals surface area contributed by atoms with Gasteiger partial charge < -0.3 is 10.5 Å². The standard InChI is InChI=1S/C14H24N2OS/c1-4-12-9-17-10(2)8-16(12)14(11(3)15)13-6-5-7-18-13/h5-7,10-12,14H,4,8-9,15H2,1-3H3. The molecule has 0 bridgehead atoms. The van der Waals surface area contributed by atoms with Crippen LogP contribution < -0.4 is 5.73 Å². The van der Waals surface area contributed by atoms with Gasteiger partial charge in [-0.3, -0.25) is 4.90 Å². The molecule has 1 aromatic heterocycles. The predicted molar refractivity (Wildman–Crippen MR) is 76.9 cm³/mol. The molecule has 0 radical (unpaired) electrons. The molecule has 0 aromatic carbocycles. The molecule has 2 heterocycles. The van der Waals surface area contributed by atoms with Gasteiger partial charge in [0.2, 0.25) is 0 Å². The summed E-state index contributed by atoms with van der Waals surface area (Å²) in [6.45, 7) is 8.28. The molecule has 0 spiro atoms. The molecule has 4 atom stereocenters. The van der Waals surface area contributed by atoms with Gasteiger partial charge in [0.15, 0.2) is 0 Å². The summed E-state index contributed by atoms with van der Waals surface area (Å²) in [6, 6.07) is 5.26. The number of ether oxygens (including phenoxy) is 1. The van der Waals surface area contributed by atoms with Crippen LogP contribution in [-0.2, 0) is 4.74 Å². The molecular formula is C14H24N2OS. The lowest BCUT2D eigenvalue weighted by Crippen LogP contribution is -2.53. The molecule has 102 valence electrons. The summed E-state index contributed by atoms with van der Waals surface area (Å²) >= 11 is 1.80. The van der Waals surface area contributed by atoms with Gasteiger partial charge in [-0.15, -0.1) is 11.3 Å². The van der Waals surface area contributed by atoms with E-state index in [0.29, 0.717) is 18.2 Å². The predicted octanol–water partition coefficient (Wildman–Crippen LogP) is 2.64. The molecule has 3 nitrogen and oxygen atoms in total. The molecule has 2 N–H and O–H groups in total. The van der Waals surface area contributed by atoms with Crippen molar-refractivity contribution in [1.82, 2.24) is 4.90 Å². The van der Waals surface area contributed by atoms with E-state index in [1.165, 1.54) is 4.88 Å². The van der Waals surface area contributed by atoms with Crippen LogP contribution in [0.4, 0.5) is 0 Å². The highest BCUT2D eigenvalue weighted by Crippen LogP contribution is 2.32. The Hall–Kier alpha value is -0.420. The van der Waals surface area contributed by atoms with Gasteiger partial charge >= 0.3 is 0 Å². The van der Waals surface area contributed by atoms with Crippen LogP contribution in [-0.4, -0.2) is 36.2 Å². The maximum Gasteiger partial charge on any atom is 0.0675 e. The van der Waals surface area contributed by atoms with Crippen LogP contribution in [0.2, 0.25) is 0 Å². The summed E-state index contributed by atoms with van der Waals surface area (Å²) in [5.41, 5.74) is 6.25. The van der Waals surface area contributed by atoms with Crippen LogP contribution in [0.5, 0.6) is 0 Å². The number of morpholine rings is 1. The van der Waals surface area contributed by atoms with E-state index in [1.807, 2.05) is 0 Å². The van der Waals surface area contributed by atoms with Crippen LogP contribution >= 0.6 is 11.3 Å². The summed E-state index contributed by atoms with van der Waals surface area (Å²) in [7, 11) is 0. The van der Waals surface area contributed by atoms with Gasteiger partial charge in [-0.25, -0.2) is 0 Å². The van der Waals surface area contributed by atoms with Gasteiger partial charge in [0.25, 0.3) is 0 Å². The Morgan fingerprint density at radius 3 is 2.94 bits per heavy atom. The Labute approximate surface area is 114 Å². The average molecular weight is 268 g/mol. The smallest absolute Gasteiger partial charge is 0.0675 e. The van der Waals surface area contributed by atoms with Gasteiger partial charge in [0.1, 0.15) is 0 Å². The van der Waals surface area contributed by atoms with E-state index >= 15 is 0 Å². The van der Waals surface area contributed by atoms with Crippen molar-refractivity contribution in [3.63, 3.8) is 0 Å². The second-order valence-corrected chi connectivity index (χ2v) is 6.20. The third kappa shape index (κ3) is 2.94. The summed E-state index contributed by atoms with van der Waals surface area (Å²) in [6.07, 6.45) is 1.41. The first kappa shape index (κ1) is 14.0. The minimum Gasteiger partial charge on any atom is -0.376 e. The third-order valence-corrected chi connectivity index (χ3v) is 4.61. The Morgan fingerprint density at radius 2 is 2.39 bits per heavy atom.